The van der Waals surface area contributed by atoms with Crippen LogP contribution in [0.1, 0.15) is 26.2 Å². The Balaban J connectivity index is 2.01. The summed E-state index contributed by atoms with van der Waals surface area (Å²) >= 11 is 0. The van der Waals surface area contributed by atoms with Crippen molar-refractivity contribution in [1.82, 2.24) is 0 Å². The summed E-state index contributed by atoms with van der Waals surface area (Å²) in [5.74, 6) is 0.441. The van der Waals surface area contributed by atoms with Crippen LogP contribution in [0.25, 0.3) is 0 Å². The van der Waals surface area contributed by atoms with Crippen molar-refractivity contribution >= 4 is 18.5 Å². The van der Waals surface area contributed by atoms with Crippen molar-refractivity contribution in [3.05, 3.63) is 60.7 Å². The first-order valence-electron chi connectivity index (χ1n) is 7.85. The van der Waals surface area contributed by atoms with Gasteiger partial charge in [0, 0.05) is 0 Å². The number of hydrogen-bond acceptors (Lipinski definition) is 1. The summed E-state index contributed by atoms with van der Waals surface area (Å²) in [5, 5.41) is 13.1. The first-order valence-corrected chi connectivity index (χ1v) is 9.26. The molecule has 2 aromatic rings. The molecular weight excluding hydrogens is 275 g/mol. The van der Waals surface area contributed by atoms with Gasteiger partial charge in [-0.15, -0.1) is 0 Å². The fourth-order valence-corrected chi connectivity index (χ4v) is 6.83. The van der Waals surface area contributed by atoms with Crippen molar-refractivity contribution in [3.8, 4) is 0 Å². The lowest BCUT2D eigenvalue weighted by atomic mass is 10.0. The molecule has 110 valence electrons. The molecule has 0 aliphatic heterocycles. The van der Waals surface area contributed by atoms with Gasteiger partial charge in [0.1, 0.15) is 0 Å². The van der Waals surface area contributed by atoms with Gasteiger partial charge in [-0.2, -0.15) is 0 Å². The van der Waals surface area contributed by atoms with Gasteiger partial charge in [-0.25, -0.2) is 0 Å². The summed E-state index contributed by atoms with van der Waals surface area (Å²) in [6, 6.07) is 21.8. The minimum absolute atomic E-state index is 0.199. The summed E-state index contributed by atoms with van der Waals surface area (Å²) < 4.78 is 0. The Morgan fingerprint density at radius 2 is 1.43 bits per heavy atom. The van der Waals surface area contributed by atoms with Gasteiger partial charge in [-0.05, 0) is 49.9 Å². The fraction of sp³-hybridized carbons (Fsp3) is 0.368. The van der Waals surface area contributed by atoms with Crippen LogP contribution >= 0.6 is 7.92 Å². The number of rotatable bonds is 4. The summed E-state index contributed by atoms with van der Waals surface area (Å²) in [7, 11) is -0.384. The van der Waals surface area contributed by atoms with Crippen molar-refractivity contribution in [2.75, 3.05) is 0 Å². The molecule has 0 saturated heterocycles. The van der Waals surface area contributed by atoms with E-state index in [4.69, 9.17) is 0 Å². The van der Waals surface area contributed by atoms with E-state index in [1.54, 1.807) is 0 Å². The molecule has 3 unspecified atom stereocenters. The highest BCUT2D eigenvalue weighted by Crippen LogP contribution is 2.50. The van der Waals surface area contributed by atoms with Crippen LogP contribution < -0.4 is 10.6 Å². The first kappa shape index (κ1) is 14.8. The minimum atomic E-state index is -0.384. The molecule has 1 aliphatic rings. The third-order valence-corrected chi connectivity index (χ3v) is 7.56. The molecule has 0 spiro atoms. The molecule has 0 bridgehead atoms. The van der Waals surface area contributed by atoms with Gasteiger partial charge in [-0.3, -0.25) is 0 Å². The van der Waals surface area contributed by atoms with Crippen LogP contribution in [0.2, 0.25) is 0 Å². The Kier molecular flexibility index (Phi) is 4.73. The standard InChI is InChI=1S/C19H23OP/c1-15(20)18-13-8-14-19(18)21(16-9-4-2-5-10-16)17-11-6-3-7-12-17/h2-7,9-12,15,18-20H,8,13-14H2,1H3. The highest BCUT2D eigenvalue weighted by Gasteiger charge is 2.37. The van der Waals surface area contributed by atoms with Crippen LogP contribution in [0.4, 0.5) is 0 Å². The normalized spacial score (nSPS) is 23.4. The Hall–Kier alpha value is -1.17. The quantitative estimate of drug-likeness (QED) is 0.854. The average molecular weight is 298 g/mol. The largest absolute Gasteiger partial charge is 0.393 e. The Morgan fingerprint density at radius 3 is 1.90 bits per heavy atom. The van der Waals surface area contributed by atoms with Gasteiger partial charge in [0.2, 0.25) is 0 Å². The van der Waals surface area contributed by atoms with Gasteiger partial charge in [0.05, 0.1) is 6.10 Å². The molecule has 2 heteroatoms. The van der Waals surface area contributed by atoms with Gasteiger partial charge in [0.15, 0.2) is 0 Å². The second kappa shape index (κ2) is 6.73. The van der Waals surface area contributed by atoms with Gasteiger partial charge in [0.25, 0.3) is 0 Å². The molecule has 2 aromatic carbocycles. The number of benzene rings is 2. The smallest absolute Gasteiger partial charge is 0.0546 e. The Labute approximate surface area is 128 Å². The second-order valence-electron chi connectivity index (χ2n) is 5.94. The summed E-state index contributed by atoms with van der Waals surface area (Å²) in [4.78, 5) is 0. The van der Waals surface area contributed by atoms with Crippen LogP contribution in [0.5, 0.6) is 0 Å². The zero-order valence-electron chi connectivity index (χ0n) is 12.5. The lowest BCUT2D eigenvalue weighted by Crippen LogP contribution is -2.30. The fourth-order valence-electron chi connectivity index (χ4n) is 3.56. The van der Waals surface area contributed by atoms with E-state index >= 15 is 0 Å². The molecule has 1 saturated carbocycles. The van der Waals surface area contributed by atoms with Crippen LogP contribution in [-0.4, -0.2) is 16.9 Å². The molecule has 1 N–H and O–H groups in total. The number of aliphatic hydroxyl groups is 1. The highest BCUT2D eigenvalue weighted by molar-refractivity contribution is 7.73. The lowest BCUT2D eigenvalue weighted by Gasteiger charge is -2.31. The van der Waals surface area contributed by atoms with E-state index in [1.165, 1.54) is 29.9 Å². The highest BCUT2D eigenvalue weighted by atomic mass is 31.1. The van der Waals surface area contributed by atoms with Crippen LogP contribution in [0, 0.1) is 5.92 Å². The first-order chi connectivity index (χ1) is 10.3. The average Bonchev–Trinajstić information content (AvgIpc) is 2.99. The predicted octanol–water partition coefficient (Wildman–Crippen LogP) is 3.67. The van der Waals surface area contributed by atoms with E-state index in [1.807, 2.05) is 6.92 Å². The van der Waals surface area contributed by atoms with Crippen molar-refractivity contribution < 1.29 is 5.11 Å². The molecule has 21 heavy (non-hydrogen) atoms. The summed E-state index contributed by atoms with van der Waals surface area (Å²) in [5.41, 5.74) is 0.602. The van der Waals surface area contributed by atoms with Crippen molar-refractivity contribution in [3.63, 3.8) is 0 Å². The number of aliphatic hydroxyl groups excluding tert-OH is 1. The van der Waals surface area contributed by atoms with Crippen LogP contribution in [0.15, 0.2) is 60.7 Å². The molecule has 0 aromatic heterocycles. The van der Waals surface area contributed by atoms with Crippen molar-refractivity contribution in [2.24, 2.45) is 5.92 Å². The SMILES string of the molecule is CC(O)C1CCCC1P(c1ccccc1)c1ccccc1. The molecule has 1 fully saturated rings. The van der Waals surface area contributed by atoms with E-state index < -0.39 is 0 Å². The van der Waals surface area contributed by atoms with Gasteiger partial charge in [-0.1, -0.05) is 67.1 Å². The second-order valence-corrected chi connectivity index (χ2v) is 8.38. The maximum Gasteiger partial charge on any atom is 0.0546 e. The Morgan fingerprint density at radius 1 is 0.905 bits per heavy atom. The monoisotopic (exact) mass is 298 g/mol. The third kappa shape index (κ3) is 3.20. The maximum absolute atomic E-state index is 10.2. The molecule has 3 rings (SSSR count). The summed E-state index contributed by atoms with van der Waals surface area (Å²) in [6.07, 6.45) is 3.46. The molecule has 3 atom stereocenters. The molecule has 0 heterocycles. The van der Waals surface area contributed by atoms with Crippen molar-refractivity contribution in [1.29, 1.82) is 0 Å². The topological polar surface area (TPSA) is 20.2 Å². The van der Waals surface area contributed by atoms with Crippen LogP contribution in [0.3, 0.4) is 0 Å². The molecule has 0 radical (unpaired) electrons. The van der Waals surface area contributed by atoms with E-state index in [9.17, 15) is 5.11 Å². The van der Waals surface area contributed by atoms with Gasteiger partial charge >= 0.3 is 0 Å². The van der Waals surface area contributed by atoms with Crippen LogP contribution in [-0.2, 0) is 0 Å². The molecule has 1 aliphatic carbocycles. The molecule has 0 amide bonds. The third-order valence-electron chi connectivity index (χ3n) is 4.55. The van der Waals surface area contributed by atoms with E-state index in [0.29, 0.717) is 11.6 Å². The lowest BCUT2D eigenvalue weighted by molar-refractivity contribution is 0.131. The Bertz CT molecular complexity index is 513. The van der Waals surface area contributed by atoms with E-state index in [-0.39, 0.29) is 14.0 Å². The molecule has 1 nitrogen and oxygen atoms in total. The van der Waals surface area contributed by atoms with E-state index in [2.05, 4.69) is 60.7 Å². The maximum atomic E-state index is 10.2. The number of hydrogen-bond donors (Lipinski definition) is 1. The van der Waals surface area contributed by atoms with Crippen molar-refractivity contribution in [2.45, 2.75) is 37.9 Å². The van der Waals surface area contributed by atoms with E-state index in [0.717, 1.165) is 0 Å². The summed E-state index contributed by atoms with van der Waals surface area (Å²) in [6.45, 7) is 1.96. The minimum Gasteiger partial charge on any atom is -0.393 e. The zero-order valence-corrected chi connectivity index (χ0v) is 13.4. The molecular formula is C19H23OP. The zero-order chi connectivity index (χ0) is 14.7. The predicted molar refractivity (Wildman–Crippen MR) is 91.9 cm³/mol. The van der Waals surface area contributed by atoms with Gasteiger partial charge < -0.3 is 5.11 Å².